The van der Waals surface area contributed by atoms with E-state index in [4.69, 9.17) is 4.74 Å². The van der Waals surface area contributed by atoms with Gasteiger partial charge in [0.1, 0.15) is 5.60 Å². The zero-order valence-electron chi connectivity index (χ0n) is 14.9. The molecule has 25 heavy (non-hydrogen) atoms. The Morgan fingerprint density at radius 3 is 2.76 bits per heavy atom. The molecule has 1 amide bonds. The van der Waals surface area contributed by atoms with Gasteiger partial charge in [0.2, 0.25) is 0 Å². The van der Waals surface area contributed by atoms with Crippen LogP contribution in [0.2, 0.25) is 0 Å². The first-order chi connectivity index (χ1) is 11.6. The number of hydrogen-bond acceptors (Lipinski definition) is 3. The third-order valence-electron chi connectivity index (χ3n) is 4.45. The minimum atomic E-state index is -3.02. The van der Waals surface area contributed by atoms with E-state index in [-0.39, 0.29) is 13.0 Å². The molecule has 0 bridgehead atoms. The van der Waals surface area contributed by atoms with Crippen LogP contribution in [0, 0.1) is 6.92 Å². The number of aryl methyl sites for hydroxylation is 1. The van der Waals surface area contributed by atoms with E-state index in [0.29, 0.717) is 5.56 Å². The molecule has 2 aromatic rings. The lowest BCUT2D eigenvalue weighted by molar-refractivity contribution is -0.0849. The van der Waals surface area contributed by atoms with Gasteiger partial charge in [-0.2, -0.15) is 5.10 Å². The predicted octanol–water partition coefficient (Wildman–Crippen LogP) is 4.23. The highest BCUT2D eigenvalue weighted by Gasteiger charge is 2.47. The minimum Gasteiger partial charge on any atom is -0.444 e. The number of amides is 1. The van der Waals surface area contributed by atoms with Crippen molar-refractivity contribution in [2.75, 3.05) is 13.1 Å². The van der Waals surface area contributed by atoms with Gasteiger partial charge >= 0.3 is 6.09 Å². The molecule has 1 saturated heterocycles. The van der Waals surface area contributed by atoms with Crippen LogP contribution >= 0.6 is 0 Å². The SMILES string of the molecule is Cc1cc2cn[nH]c2cc1C1CCN(C(=O)OC(C)(C)C)CC1(F)F. The van der Waals surface area contributed by atoms with E-state index in [1.54, 1.807) is 33.0 Å². The highest BCUT2D eigenvalue weighted by atomic mass is 19.3. The molecule has 1 aliphatic rings. The van der Waals surface area contributed by atoms with Gasteiger partial charge in [-0.15, -0.1) is 0 Å². The number of carbonyl (C=O) groups excluding carboxylic acids is 1. The molecule has 2 heterocycles. The number of likely N-dealkylation sites (tertiary alicyclic amines) is 1. The van der Waals surface area contributed by atoms with Crippen molar-refractivity contribution in [3.8, 4) is 0 Å². The van der Waals surface area contributed by atoms with Crippen molar-refractivity contribution >= 4 is 17.0 Å². The van der Waals surface area contributed by atoms with Crippen LogP contribution in [-0.2, 0) is 4.74 Å². The molecular formula is C18H23F2N3O2. The summed E-state index contributed by atoms with van der Waals surface area (Å²) in [5.74, 6) is -3.95. The number of nitrogens with one attached hydrogen (secondary N) is 1. The second kappa shape index (κ2) is 5.97. The molecule has 1 unspecified atom stereocenters. The van der Waals surface area contributed by atoms with E-state index in [1.165, 1.54) is 0 Å². The lowest BCUT2D eigenvalue weighted by atomic mass is 9.83. The number of fused-ring (bicyclic) bond motifs is 1. The fourth-order valence-electron chi connectivity index (χ4n) is 3.30. The van der Waals surface area contributed by atoms with Crippen LogP contribution in [0.5, 0.6) is 0 Å². The topological polar surface area (TPSA) is 58.2 Å². The highest BCUT2D eigenvalue weighted by Crippen LogP contribution is 2.42. The monoisotopic (exact) mass is 351 g/mol. The summed E-state index contributed by atoms with van der Waals surface area (Å²) in [6.07, 6.45) is 1.17. The van der Waals surface area contributed by atoms with Gasteiger partial charge in [-0.3, -0.25) is 5.10 Å². The molecule has 1 atom stereocenters. The molecule has 1 aromatic heterocycles. The van der Waals surface area contributed by atoms with Crippen LogP contribution in [0.15, 0.2) is 18.3 Å². The van der Waals surface area contributed by atoms with E-state index in [0.717, 1.165) is 21.4 Å². The number of nitrogens with zero attached hydrogens (tertiary/aromatic N) is 2. The van der Waals surface area contributed by atoms with Crippen molar-refractivity contribution in [2.24, 2.45) is 0 Å². The predicted molar refractivity (Wildman–Crippen MR) is 90.9 cm³/mol. The molecule has 0 saturated carbocycles. The van der Waals surface area contributed by atoms with Gasteiger partial charge in [0, 0.05) is 11.9 Å². The van der Waals surface area contributed by atoms with Crippen molar-refractivity contribution in [1.29, 1.82) is 0 Å². The van der Waals surface area contributed by atoms with Crippen LogP contribution < -0.4 is 0 Å². The Labute approximate surface area is 145 Å². The maximum atomic E-state index is 14.8. The second-order valence-corrected chi connectivity index (χ2v) is 7.67. The van der Waals surface area contributed by atoms with Crippen LogP contribution in [0.3, 0.4) is 0 Å². The lowest BCUT2D eigenvalue weighted by Gasteiger charge is -2.39. The number of rotatable bonds is 1. The molecule has 0 radical (unpaired) electrons. The molecular weight excluding hydrogens is 328 g/mol. The van der Waals surface area contributed by atoms with Gasteiger partial charge in [0.05, 0.1) is 24.2 Å². The number of halogens is 2. The molecule has 1 N–H and O–H groups in total. The Kier molecular flexibility index (Phi) is 4.21. The normalized spacial score (nSPS) is 20.7. The van der Waals surface area contributed by atoms with E-state index in [1.807, 2.05) is 13.0 Å². The Balaban J connectivity index is 1.83. The summed E-state index contributed by atoms with van der Waals surface area (Å²) in [7, 11) is 0. The van der Waals surface area contributed by atoms with E-state index in [9.17, 15) is 13.6 Å². The number of alkyl halides is 2. The maximum absolute atomic E-state index is 14.8. The van der Waals surface area contributed by atoms with Crippen LogP contribution in [0.25, 0.3) is 10.9 Å². The molecule has 1 aliphatic heterocycles. The van der Waals surface area contributed by atoms with Crippen LogP contribution in [0.1, 0.15) is 44.2 Å². The Hall–Kier alpha value is -2.18. The lowest BCUT2D eigenvalue weighted by Crippen LogP contribution is -2.51. The van der Waals surface area contributed by atoms with Gasteiger partial charge in [-0.1, -0.05) is 0 Å². The van der Waals surface area contributed by atoms with Gasteiger partial charge < -0.3 is 9.64 Å². The fourth-order valence-corrected chi connectivity index (χ4v) is 3.30. The maximum Gasteiger partial charge on any atom is 0.410 e. The first-order valence-electron chi connectivity index (χ1n) is 8.36. The smallest absolute Gasteiger partial charge is 0.410 e. The standard InChI is InChI=1S/C18H23F2N3O2/c1-11-7-12-9-21-22-15(12)8-13(11)14-5-6-23(10-18(14,19)20)16(24)25-17(2,3)4/h7-9,14H,5-6,10H2,1-4H3,(H,21,22). The summed E-state index contributed by atoms with van der Waals surface area (Å²) >= 11 is 0. The van der Waals surface area contributed by atoms with Crippen molar-refractivity contribution < 1.29 is 18.3 Å². The molecule has 7 heteroatoms. The van der Waals surface area contributed by atoms with Crippen molar-refractivity contribution in [2.45, 2.75) is 51.6 Å². The largest absolute Gasteiger partial charge is 0.444 e. The summed E-state index contributed by atoms with van der Waals surface area (Å²) in [5, 5.41) is 7.68. The number of hydrogen-bond donors (Lipinski definition) is 1. The van der Waals surface area contributed by atoms with Crippen LogP contribution in [-0.4, -0.2) is 45.8 Å². The number of H-pyrrole nitrogens is 1. The molecule has 0 aliphatic carbocycles. The van der Waals surface area contributed by atoms with Gasteiger partial charge in [-0.05, 0) is 57.4 Å². The first-order valence-corrected chi connectivity index (χ1v) is 8.36. The number of ether oxygens (including phenoxy) is 1. The number of piperidine rings is 1. The Bertz CT molecular complexity index is 795. The fraction of sp³-hybridized carbons (Fsp3) is 0.556. The van der Waals surface area contributed by atoms with Crippen molar-refractivity contribution in [3.63, 3.8) is 0 Å². The summed E-state index contributed by atoms with van der Waals surface area (Å²) in [5.41, 5.74) is 1.45. The molecule has 1 aromatic carbocycles. The molecule has 1 fully saturated rings. The van der Waals surface area contributed by atoms with Gasteiger partial charge in [-0.25, -0.2) is 13.6 Å². The Morgan fingerprint density at radius 2 is 2.12 bits per heavy atom. The first kappa shape index (κ1) is 17.6. The second-order valence-electron chi connectivity index (χ2n) is 7.67. The zero-order chi connectivity index (χ0) is 18.4. The number of carbonyl (C=O) groups is 1. The molecule has 136 valence electrons. The molecule has 0 spiro atoms. The van der Waals surface area contributed by atoms with E-state index < -0.39 is 30.1 Å². The molecule has 5 nitrogen and oxygen atoms in total. The van der Waals surface area contributed by atoms with E-state index >= 15 is 0 Å². The summed E-state index contributed by atoms with van der Waals surface area (Å²) in [6.45, 7) is 6.61. The van der Waals surface area contributed by atoms with Crippen molar-refractivity contribution in [3.05, 3.63) is 29.5 Å². The number of benzene rings is 1. The Morgan fingerprint density at radius 1 is 1.40 bits per heavy atom. The minimum absolute atomic E-state index is 0.187. The quantitative estimate of drug-likeness (QED) is 0.836. The summed E-state index contributed by atoms with van der Waals surface area (Å²) in [4.78, 5) is 13.2. The average Bonchev–Trinajstić information content (AvgIpc) is 2.91. The van der Waals surface area contributed by atoms with Crippen LogP contribution in [0.4, 0.5) is 13.6 Å². The van der Waals surface area contributed by atoms with Gasteiger partial charge in [0.15, 0.2) is 0 Å². The summed E-state index contributed by atoms with van der Waals surface area (Å²) < 4.78 is 34.9. The zero-order valence-corrected chi connectivity index (χ0v) is 14.9. The molecule has 3 rings (SSSR count). The third-order valence-corrected chi connectivity index (χ3v) is 4.45. The number of aromatic nitrogens is 2. The highest BCUT2D eigenvalue weighted by molar-refractivity contribution is 5.80. The van der Waals surface area contributed by atoms with E-state index in [2.05, 4.69) is 10.2 Å². The average molecular weight is 351 g/mol. The third kappa shape index (κ3) is 3.60. The summed E-state index contributed by atoms with van der Waals surface area (Å²) in [6, 6.07) is 3.61. The van der Waals surface area contributed by atoms with Crippen molar-refractivity contribution in [1.82, 2.24) is 15.1 Å². The van der Waals surface area contributed by atoms with Gasteiger partial charge in [0.25, 0.3) is 5.92 Å². The number of aromatic amines is 1.